The van der Waals surface area contributed by atoms with Crippen molar-refractivity contribution >= 4 is 0 Å². The number of hydrogen-bond acceptors (Lipinski definition) is 2. The highest BCUT2D eigenvalue weighted by Crippen LogP contribution is 2.38. The van der Waals surface area contributed by atoms with Crippen LogP contribution in [0.4, 0.5) is 17.6 Å². The quantitative estimate of drug-likeness (QED) is 0.193. The highest BCUT2D eigenvalue weighted by Gasteiger charge is 2.42. The molecule has 0 unspecified atom stereocenters. The molecule has 0 bridgehead atoms. The van der Waals surface area contributed by atoms with Gasteiger partial charge in [0.2, 0.25) is 0 Å². The maximum absolute atomic E-state index is 14.9. The Morgan fingerprint density at radius 1 is 0.765 bits per heavy atom. The van der Waals surface area contributed by atoms with Gasteiger partial charge in [-0.25, -0.2) is 8.78 Å². The van der Waals surface area contributed by atoms with Gasteiger partial charge in [0.05, 0.1) is 0 Å². The number of hydrogen-bond donors (Lipinski definition) is 0. The molecule has 0 aromatic heterocycles. The molecule has 0 aliphatic heterocycles. The van der Waals surface area contributed by atoms with Crippen molar-refractivity contribution in [3.05, 3.63) is 89.0 Å². The Labute approximate surface area is 198 Å². The van der Waals surface area contributed by atoms with Gasteiger partial charge in [-0.1, -0.05) is 63.8 Å². The zero-order chi connectivity index (χ0) is 24.6. The van der Waals surface area contributed by atoms with E-state index in [0.717, 1.165) is 56.1 Å². The average Bonchev–Trinajstić information content (AvgIpc) is 2.81. The summed E-state index contributed by atoms with van der Waals surface area (Å²) in [5.74, 6) is -3.63. The Hall–Kier alpha value is -3.02. The van der Waals surface area contributed by atoms with Crippen molar-refractivity contribution in [2.45, 2.75) is 64.9 Å². The van der Waals surface area contributed by atoms with Crippen molar-refractivity contribution in [2.24, 2.45) is 0 Å². The van der Waals surface area contributed by atoms with Gasteiger partial charge in [-0.2, -0.15) is 8.78 Å². The predicted octanol–water partition coefficient (Wildman–Crippen LogP) is 8.76. The predicted molar refractivity (Wildman–Crippen MR) is 125 cm³/mol. The van der Waals surface area contributed by atoms with Gasteiger partial charge < -0.3 is 9.47 Å². The van der Waals surface area contributed by atoms with E-state index in [0.29, 0.717) is 6.07 Å². The van der Waals surface area contributed by atoms with Gasteiger partial charge >= 0.3 is 6.11 Å². The Morgan fingerprint density at radius 2 is 1.38 bits per heavy atom. The van der Waals surface area contributed by atoms with Gasteiger partial charge in [-0.05, 0) is 60.7 Å². The van der Waals surface area contributed by atoms with E-state index in [4.69, 9.17) is 9.47 Å². The molecule has 0 aliphatic carbocycles. The van der Waals surface area contributed by atoms with Gasteiger partial charge in [0.1, 0.15) is 22.9 Å². The molecule has 0 heterocycles. The third-order valence-electron chi connectivity index (χ3n) is 5.45. The molecule has 0 spiro atoms. The first-order valence-corrected chi connectivity index (χ1v) is 11.7. The van der Waals surface area contributed by atoms with Gasteiger partial charge in [0.15, 0.2) is 11.6 Å². The summed E-state index contributed by atoms with van der Waals surface area (Å²) in [6.07, 6.45) is 2.78. The van der Waals surface area contributed by atoms with Crippen LogP contribution in [0.5, 0.6) is 17.2 Å². The van der Waals surface area contributed by atoms with Crippen molar-refractivity contribution in [3.63, 3.8) is 0 Å². The summed E-state index contributed by atoms with van der Waals surface area (Å²) in [7, 11) is 0. The lowest BCUT2D eigenvalue weighted by Gasteiger charge is -2.20. The normalized spacial score (nSPS) is 11.5. The molecular weight excluding hydrogens is 444 g/mol. The summed E-state index contributed by atoms with van der Waals surface area (Å²) >= 11 is 0. The minimum atomic E-state index is -4.25. The van der Waals surface area contributed by atoms with Crippen molar-refractivity contribution < 1.29 is 27.0 Å². The van der Waals surface area contributed by atoms with Crippen LogP contribution in [0.1, 0.15) is 62.6 Å². The molecule has 181 valence electrons. The van der Waals surface area contributed by atoms with Crippen molar-refractivity contribution in [1.82, 2.24) is 0 Å². The number of ether oxygens (including phenoxy) is 2. The fraction of sp³-hybridized carbons (Fsp3) is 0.357. The van der Waals surface area contributed by atoms with Gasteiger partial charge in [-0.3, -0.25) is 0 Å². The smallest absolute Gasteiger partial charge is 0.432 e. The maximum Gasteiger partial charge on any atom is 0.432 e. The first-order valence-electron chi connectivity index (χ1n) is 11.7. The monoisotopic (exact) mass is 473 g/mol. The van der Waals surface area contributed by atoms with Crippen molar-refractivity contribution in [2.75, 3.05) is 0 Å². The summed E-state index contributed by atoms with van der Waals surface area (Å²) in [6.45, 7) is 4.17. The second-order valence-corrected chi connectivity index (χ2v) is 8.22. The Kier molecular flexibility index (Phi) is 8.97. The second kappa shape index (κ2) is 11.9. The molecule has 0 aliphatic rings. The van der Waals surface area contributed by atoms with Crippen LogP contribution < -0.4 is 9.47 Å². The zero-order valence-corrected chi connectivity index (χ0v) is 19.5. The molecule has 3 rings (SSSR count). The SMILES string of the molecule is CCCCCCc1ccc(OC(F)(F)c2c(F)c[c]c(Oc3ccc(CCC)cc3)c2F)cc1. The minimum Gasteiger partial charge on any atom is -0.454 e. The molecular formula is C28H29F4O2. The van der Waals surface area contributed by atoms with Gasteiger partial charge in [-0.15, -0.1) is 0 Å². The third kappa shape index (κ3) is 6.75. The number of halogens is 4. The number of aryl methyl sites for hydroxylation is 2. The summed E-state index contributed by atoms with van der Waals surface area (Å²) in [6, 6.07) is 15.8. The van der Waals surface area contributed by atoms with Gasteiger partial charge in [0.25, 0.3) is 0 Å². The van der Waals surface area contributed by atoms with E-state index in [-0.39, 0.29) is 11.5 Å². The molecule has 0 saturated carbocycles. The molecule has 0 N–H and O–H groups in total. The molecule has 6 heteroatoms. The van der Waals surface area contributed by atoms with Crippen LogP contribution in [0, 0.1) is 17.7 Å². The molecule has 0 amide bonds. The van der Waals surface area contributed by atoms with Crippen molar-refractivity contribution in [1.29, 1.82) is 0 Å². The van der Waals surface area contributed by atoms with Crippen LogP contribution in [0.3, 0.4) is 0 Å². The number of rotatable bonds is 12. The lowest BCUT2D eigenvalue weighted by Crippen LogP contribution is -2.25. The standard InChI is InChI=1S/C28H29F4O2/c1-3-5-6-7-9-21-12-16-23(17-13-21)34-28(31,32)26-24(29)18-19-25(27(26)30)33-22-14-10-20(8-4-2)11-15-22/h10-18H,3-9H2,1-2H3. The summed E-state index contributed by atoms with van der Waals surface area (Å²) in [5, 5.41) is 0. The molecule has 3 aromatic carbocycles. The molecule has 3 aromatic rings. The summed E-state index contributed by atoms with van der Waals surface area (Å²) in [4.78, 5) is 0. The largest absolute Gasteiger partial charge is 0.454 e. The molecule has 2 nitrogen and oxygen atoms in total. The Bertz CT molecular complexity index is 1050. The molecule has 0 fully saturated rings. The van der Waals surface area contributed by atoms with E-state index in [9.17, 15) is 17.6 Å². The highest BCUT2D eigenvalue weighted by atomic mass is 19.3. The molecule has 0 saturated heterocycles. The molecule has 34 heavy (non-hydrogen) atoms. The van der Waals surface area contributed by atoms with Crippen LogP contribution in [-0.2, 0) is 19.0 Å². The topological polar surface area (TPSA) is 18.5 Å². The number of alkyl halides is 2. The first-order chi connectivity index (χ1) is 16.3. The van der Waals surface area contributed by atoms with Crippen LogP contribution in [0.15, 0.2) is 54.6 Å². The summed E-state index contributed by atoms with van der Waals surface area (Å²) in [5.41, 5.74) is 0.526. The fourth-order valence-corrected chi connectivity index (χ4v) is 3.63. The summed E-state index contributed by atoms with van der Waals surface area (Å²) < 4.78 is 69.0. The minimum absolute atomic E-state index is 0.192. The van der Waals surface area contributed by atoms with Crippen LogP contribution >= 0.6 is 0 Å². The van der Waals surface area contributed by atoms with E-state index < -0.39 is 29.1 Å². The second-order valence-electron chi connectivity index (χ2n) is 8.22. The van der Waals surface area contributed by atoms with E-state index in [1.54, 1.807) is 36.4 Å². The maximum atomic E-state index is 14.9. The van der Waals surface area contributed by atoms with E-state index in [2.05, 4.69) is 13.0 Å². The van der Waals surface area contributed by atoms with Crippen LogP contribution in [-0.4, -0.2) is 0 Å². The first kappa shape index (κ1) is 25.6. The Morgan fingerprint density at radius 3 is 2.00 bits per heavy atom. The number of benzene rings is 3. The van der Waals surface area contributed by atoms with Crippen LogP contribution in [0.25, 0.3) is 0 Å². The highest BCUT2D eigenvalue weighted by molar-refractivity contribution is 5.38. The van der Waals surface area contributed by atoms with Crippen LogP contribution in [0.2, 0.25) is 0 Å². The van der Waals surface area contributed by atoms with Gasteiger partial charge in [0, 0.05) is 6.07 Å². The van der Waals surface area contributed by atoms with Crippen molar-refractivity contribution in [3.8, 4) is 17.2 Å². The fourth-order valence-electron chi connectivity index (χ4n) is 3.63. The Balaban J connectivity index is 1.74. The molecule has 0 atom stereocenters. The average molecular weight is 474 g/mol. The lowest BCUT2D eigenvalue weighted by atomic mass is 10.1. The molecule has 1 radical (unpaired) electrons. The number of unbranched alkanes of at least 4 members (excludes halogenated alkanes) is 3. The van der Waals surface area contributed by atoms with E-state index in [1.807, 2.05) is 6.92 Å². The van der Waals surface area contributed by atoms with E-state index in [1.165, 1.54) is 12.1 Å². The lowest BCUT2D eigenvalue weighted by molar-refractivity contribution is -0.189. The zero-order valence-electron chi connectivity index (χ0n) is 19.5. The van der Waals surface area contributed by atoms with E-state index >= 15 is 0 Å². The third-order valence-corrected chi connectivity index (χ3v) is 5.45.